The summed E-state index contributed by atoms with van der Waals surface area (Å²) < 4.78 is 26.1. The average Bonchev–Trinajstić information content (AvgIpc) is 3.13. The summed E-state index contributed by atoms with van der Waals surface area (Å²) in [6.07, 6.45) is 0.603. The maximum Gasteiger partial charge on any atom is 0.168 e. The van der Waals surface area contributed by atoms with Crippen molar-refractivity contribution in [2.75, 3.05) is 14.2 Å². The zero-order chi connectivity index (χ0) is 22.8. The molecule has 5 rings (SSSR count). The first-order chi connectivity index (χ1) is 16.1. The van der Waals surface area contributed by atoms with Crippen LogP contribution in [0.4, 0.5) is 0 Å². The van der Waals surface area contributed by atoms with Crippen molar-refractivity contribution < 1.29 is 14.0 Å². The highest BCUT2D eigenvalue weighted by atomic mass is 31.2. The van der Waals surface area contributed by atoms with Crippen molar-refractivity contribution in [1.29, 1.82) is 0 Å². The topological polar surface area (TPSA) is 35.5 Å². The molecule has 1 heterocycles. The normalized spacial score (nSPS) is 17.0. The number of ether oxygens (including phenoxy) is 2. The van der Waals surface area contributed by atoms with Crippen molar-refractivity contribution in [2.24, 2.45) is 0 Å². The number of methoxy groups -OCH3 is 2. The van der Waals surface area contributed by atoms with Gasteiger partial charge in [-0.3, -0.25) is 0 Å². The molecular weight excluding hydrogens is 427 g/mol. The number of fused-ring (bicyclic) bond motifs is 1. The van der Waals surface area contributed by atoms with Crippen molar-refractivity contribution in [3.05, 3.63) is 125 Å². The van der Waals surface area contributed by atoms with E-state index in [1.807, 2.05) is 78.9 Å². The third-order valence-corrected chi connectivity index (χ3v) is 9.43. The van der Waals surface area contributed by atoms with Gasteiger partial charge < -0.3 is 14.0 Å². The predicted octanol–water partition coefficient (Wildman–Crippen LogP) is 6.03. The molecule has 1 unspecified atom stereocenters. The molecule has 0 spiro atoms. The maximum absolute atomic E-state index is 15.2. The Morgan fingerprint density at radius 3 is 1.94 bits per heavy atom. The minimum absolute atomic E-state index is 0.603. The zero-order valence-corrected chi connectivity index (χ0v) is 19.6. The minimum atomic E-state index is -3.10. The molecule has 0 aliphatic carbocycles. The van der Waals surface area contributed by atoms with Crippen LogP contribution >= 0.6 is 7.14 Å². The Balaban J connectivity index is 1.82. The standard InChI is InChI=1S/C29H25O3P/c1-31-23-13-16-25(17-14-23)33(30)27-18-15-24(32-2)20-26(27)29(22-11-7-4-8-12-22)28(33)19-21-9-5-3-6-10-21/h3-18,20H,19H2,1-2H3. The van der Waals surface area contributed by atoms with E-state index >= 15 is 4.57 Å². The molecule has 1 aliphatic rings. The Bertz CT molecular complexity index is 1360. The monoisotopic (exact) mass is 452 g/mol. The number of allylic oxidation sites excluding steroid dienone is 1. The lowest BCUT2D eigenvalue weighted by Gasteiger charge is -2.20. The second-order valence-corrected chi connectivity index (χ2v) is 10.8. The second-order valence-electron chi connectivity index (χ2n) is 8.04. The molecule has 0 N–H and O–H groups in total. The van der Waals surface area contributed by atoms with E-state index in [0.29, 0.717) is 6.42 Å². The Kier molecular flexibility index (Phi) is 5.66. The quantitative estimate of drug-likeness (QED) is 0.335. The molecule has 33 heavy (non-hydrogen) atoms. The number of hydrogen-bond acceptors (Lipinski definition) is 3. The smallest absolute Gasteiger partial charge is 0.168 e. The Morgan fingerprint density at radius 2 is 1.30 bits per heavy atom. The van der Waals surface area contributed by atoms with Crippen LogP contribution in [0.3, 0.4) is 0 Å². The molecule has 0 aromatic heterocycles. The van der Waals surface area contributed by atoms with E-state index in [0.717, 1.165) is 49.7 Å². The fraction of sp³-hybridized carbons (Fsp3) is 0.103. The molecule has 1 aliphatic heterocycles. The minimum Gasteiger partial charge on any atom is -0.497 e. The van der Waals surface area contributed by atoms with Gasteiger partial charge in [-0.25, -0.2) is 0 Å². The highest BCUT2D eigenvalue weighted by Crippen LogP contribution is 2.62. The second kappa shape index (κ2) is 8.77. The van der Waals surface area contributed by atoms with Crippen LogP contribution in [0.25, 0.3) is 5.57 Å². The highest BCUT2D eigenvalue weighted by Gasteiger charge is 2.42. The van der Waals surface area contributed by atoms with Gasteiger partial charge in [0.05, 0.1) is 14.2 Å². The van der Waals surface area contributed by atoms with E-state index in [1.54, 1.807) is 14.2 Å². The molecule has 0 fully saturated rings. The van der Waals surface area contributed by atoms with Gasteiger partial charge in [0.25, 0.3) is 0 Å². The van der Waals surface area contributed by atoms with E-state index in [2.05, 4.69) is 24.3 Å². The van der Waals surface area contributed by atoms with Crippen molar-refractivity contribution in [2.45, 2.75) is 6.42 Å². The first kappa shape index (κ1) is 21.3. The number of benzene rings is 4. The van der Waals surface area contributed by atoms with Gasteiger partial charge in [0.15, 0.2) is 7.14 Å². The summed E-state index contributed by atoms with van der Waals surface area (Å²) in [5, 5.41) is 2.62. The van der Waals surface area contributed by atoms with E-state index in [9.17, 15) is 0 Å². The van der Waals surface area contributed by atoms with E-state index in [1.165, 1.54) is 0 Å². The maximum atomic E-state index is 15.2. The first-order valence-corrected chi connectivity index (χ1v) is 12.6. The summed E-state index contributed by atoms with van der Waals surface area (Å²) in [5.74, 6) is 1.50. The Hall–Kier alpha value is -3.55. The van der Waals surface area contributed by atoms with Gasteiger partial charge in [-0.2, -0.15) is 0 Å². The predicted molar refractivity (Wildman–Crippen MR) is 135 cm³/mol. The number of hydrogen-bond donors (Lipinski definition) is 0. The molecule has 0 saturated heterocycles. The fourth-order valence-electron chi connectivity index (χ4n) is 4.58. The molecule has 0 radical (unpaired) electrons. The van der Waals surface area contributed by atoms with Crippen LogP contribution in [0.1, 0.15) is 16.7 Å². The summed E-state index contributed by atoms with van der Waals surface area (Å²) in [7, 11) is 0.203. The van der Waals surface area contributed by atoms with Gasteiger partial charge in [0, 0.05) is 22.3 Å². The molecule has 0 bridgehead atoms. The lowest BCUT2D eigenvalue weighted by Crippen LogP contribution is -2.16. The lowest BCUT2D eigenvalue weighted by molar-refractivity contribution is 0.415. The Labute approximate surface area is 194 Å². The van der Waals surface area contributed by atoms with Crippen molar-refractivity contribution >= 4 is 23.3 Å². The van der Waals surface area contributed by atoms with E-state index in [-0.39, 0.29) is 0 Å². The molecule has 164 valence electrons. The molecule has 0 saturated carbocycles. The fourth-order valence-corrected chi connectivity index (χ4v) is 7.80. The SMILES string of the molecule is COc1ccc(P2(=O)C(Cc3ccccc3)=C(c3ccccc3)c3cc(OC)ccc32)cc1. The Morgan fingerprint density at radius 1 is 0.697 bits per heavy atom. The highest BCUT2D eigenvalue weighted by molar-refractivity contribution is 7.83. The van der Waals surface area contributed by atoms with Crippen LogP contribution in [0.2, 0.25) is 0 Å². The first-order valence-electron chi connectivity index (χ1n) is 10.9. The van der Waals surface area contributed by atoms with Gasteiger partial charge in [0.2, 0.25) is 0 Å². The summed E-state index contributed by atoms with van der Waals surface area (Å²) in [6, 6.07) is 34.0. The van der Waals surface area contributed by atoms with Crippen LogP contribution in [0.5, 0.6) is 11.5 Å². The van der Waals surface area contributed by atoms with Gasteiger partial charge in [-0.15, -0.1) is 0 Å². The summed E-state index contributed by atoms with van der Waals surface area (Å²) in [4.78, 5) is 0. The molecule has 4 heteroatoms. The molecule has 0 amide bonds. The van der Waals surface area contributed by atoms with Gasteiger partial charge >= 0.3 is 0 Å². The summed E-state index contributed by atoms with van der Waals surface area (Å²) in [6.45, 7) is 0. The third-order valence-electron chi connectivity index (χ3n) is 6.19. The van der Waals surface area contributed by atoms with Crippen LogP contribution in [-0.2, 0) is 11.0 Å². The van der Waals surface area contributed by atoms with Crippen LogP contribution in [0, 0.1) is 0 Å². The van der Waals surface area contributed by atoms with Crippen LogP contribution in [-0.4, -0.2) is 14.2 Å². The van der Waals surface area contributed by atoms with Crippen LogP contribution < -0.4 is 20.1 Å². The molecule has 1 atom stereocenters. The molecular formula is C29H25O3P. The zero-order valence-electron chi connectivity index (χ0n) is 18.7. The summed E-state index contributed by atoms with van der Waals surface area (Å²) >= 11 is 0. The molecule has 3 nitrogen and oxygen atoms in total. The van der Waals surface area contributed by atoms with Crippen molar-refractivity contribution in [1.82, 2.24) is 0 Å². The van der Waals surface area contributed by atoms with Gasteiger partial charge in [-0.05, 0) is 64.7 Å². The van der Waals surface area contributed by atoms with E-state index < -0.39 is 7.14 Å². The third kappa shape index (κ3) is 3.69. The van der Waals surface area contributed by atoms with Gasteiger partial charge in [0.1, 0.15) is 11.5 Å². The number of rotatable bonds is 6. The molecule has 4 aromatic carbocycles. The van der Waals surface area contributed by atoms with Gasteiger partial charge in [-0.1, -0.05) is 60.7 Å². The largest absolute Gasteiger partial charge is 0.497 e. The lowest BCUT2D eigenvalue weighted by atomic mass is 9.95. The van der Waals surface area contributed by atoms with Crippen molar-refractivity contribution in [3.63, 3.8) is 0 Å². The van der Waals surface area contributed by atoms with E-state index in [4.69, 9.17) is 9.47 Å². The van der Waals surface area contributed by atoms with Crippen LogP contribution in [0.15, 0.2) is 108 Å². The van der Waals surface area contributed by atoms with Crippen molar-refractivity contribution in [3.8, 4) is 11.5 Å². The molecule has 4 aromatic rings. The average molecular weight is 452 g/mol. The summed E-state index contributed by atoms with van der Waals surface area (Å²) in [5.41, 5.74) is 4.21.